The summed E-state index contributed by atoms with van der Waals surface area (Å²) < 4.78 is 5.21. The minimum Gasteiger partial charge on any atom is -0.494 e. The van der Waals surface area contributed by atoms with Crippen LogP contribution in [0.1, 0.15) is 0 Å². The Hall–Kier alpha value is -2.77. The molecule has 2 aromatic rings. The van der Waals surface area contributed by atoms with Gasteiger partial charge in [0.15, 0.2) is 11.0 Å². The highest BCUT2D eigenvalue weighted by Crippen LogP contribution is 2.27. The molecule has 0 saturated carbocycles. The van der Waals surface area contributed by atoms with E-state index in [1.54, 1.807) is 48.5 Å². The largest absolute Gasteiger partial charge is 0.494 e. The summed E-state index contributed by atoms with van der Waals surface area (Å²) in [5.41, 5.74) is 1.03. The van der Waals surface area contributed by atoms with Gasteiger partial charge in [-0.05, 0) is 48.6 Å². The van der Waals surface area contributed by atoms with Gasteiger partial charge in [-0.1, -0.05) is 23.7 Å². The van der Waals surface area contributed by atoms with Crippen molar-refractivity contribution in [1.29, 1.82) is 0 Å². The molecule has 0 bridgehead atoms. The monoisotopic (exact) mass is 387 g/mol. The first-order valence-electron chi connectivity index (χ1n) is 7.63. The van der Waals surface area contributed by atoms with Crippen molar-refractivity contribution in [2.45, 2.75) is 0 Å². The maximum Gasteiger partial charge on any atom is 0.251 e. The zero-order valence-electron chi connectivity index (χ0n) is 13.7. The van der Waals surface area contributed by atoms with Crippen molar-refractivity contribution in [3.05, 3.63) is 53.6 Å². The minimum atomic E-state index is -1.11. The molecule has 132 valence electrons. The number of hydrogen-bond acceptors (Lipinski definition) is 5. The van der Waals surface area contributed by atoms with E-state index in [-0.39, 0.29) is 5.11 Å². The molecule has 0 aliphatic carbocycles. The molecule has 0 spiro atoms. The van der Waals surface area contributed by atoms with Crippen LogP contribution in [-0.4, -0.2) is 30.3 Å². The molecular weight excluding hydrogens is 374 g/mol. The van der Waals surface area contributed by atoms with Crippen LogP contribution in [0.2, 0.25) is 5.02 Å². The van der Waals surface area contributed by atoms with E-state index in [1.807, 2.05) is 0 Å². The van der Waals surface area contributed by atoms with E-state index >= 15 is 0 Å². The van der Waals surface area contributed by atoms with Crippen molar-refractivity contribution in [1.82, 2.24) is 5.32 Å². The molecule has 1 heterocycles. The van der Waals surface area contributed by atoms with E-state index in [0.29, 0.717) is 22.1 Å². The molecule has 0 radical (unpaired) electrons. The maximum absolute atomic E-state index is 12.8. The number of nitrogens with one attached hydrogen (secondary N) is 1. The van der Waals surface area contributed by atoms with Crippen LogP contribution in [0.25, 0.3) is 0 Å². The summed E-state index contributed by atoms with van der Waals surface area (Å²) in [5, 5.41) is 3.08. The highest BCUT2D eigenvalue weighted by atomic mass is 35.5. The average molecular weight is 388 g/mol. The van der Waals surface area contributed by atoms with E-state index in [9.17, 15) is 9.59 Å². The lowest BCUT2D eigenvalue weighted by molar-refractivity contribution is -0.130. The Labute approximate surface area is 160 Å². The van der Waals surface area contributed by atoms with Crippen molar-refractivity contribution in [2.75, 3.05) is 12.0 Å². The SMILES string of the molecule is COc1ccccc1N=C[C@@H]1C(=O)NC(=S)N(c2ccc(Cl)cc2)C1=O. The molecule has 26 heavy (non-hydrogen) atoms. The number of halogens is 1. The van der Waals surface area contributed by atoms with Crippen molar-refractivity contribution in [3.63, 3.8) is 0 Å². The van der Waals surface area contributed by atoms with Gasteiger partial charge >= 0.3 is 0 Å². The molecule has 6 nitrogen and oxygen atoms in total. The number of nitrogens with zero attached hydrogens (tertiary/aromatic N) is 2. The number of para-hydroxylation sites is 2. The quantitative estimate of drug-likeness (QED) is 0.497. The summed E-state index contributed by atoms with van der Waals surface area (Å²) in [4.78, 5) is 30.6. The molecule has 1 atom stereocenters. The van der Waals surface area contributed by atoms with Gasteiger partial charge in [0.2, 0.25) is 5.91 Å². The van der Waals surface area contributed by atoms with Gasteiger partial charge in [-0.15, -0.1) is 0 Å². The van der Waals surface area contributed by atoms with Crippen molar-refractivity contribution in [3.8, 4) is 5.75 Å². The van der Waals surface area contributed by atoms with Gasteiger partial charge < -0.3 is 10.1 Å². The number of hydrogen-bond donors (Lipinski definition) is 1. The molecule has 3 rings (SSSR count). The molecule has 1 aliphatic heterocycles. The highest BCUT2D eigenvalue weighted by Gasteiger charge is 2.38. The lowest BCUT2D eigenvalue weighted by Gasteiger charge is -2.30. The van der Waals surface area contributed by atoms with Crippen molar-refractivity contribution >= 4 is 58.3 Å². The second kappa shape index (κ2) is 7.63. The number of aliphatic imine (C=N–C) groups is 1. The third-order valence-electron chi connectivity index (χ3n) is 3.73. The molecule has 2 aromatic carbocycles. The van der Waals surface area contributed by atoms with Gasteiger partial charge in [0.1, 0.15) is 11.4 Å². The third-order valence-corrected chi connectivity index (χ3v) is 4.27. The Morgan fingerprint density at radius 2 is 1.88 bits per heavy atom. The summed E-state index contributed by atoms with van der Waals surface area (Å²) in [6, 6.07) is 13.6. The molecular formula is C18H14ClN3O3S. The zero-order valence-corrected chi connectivity index (χ0v) is 15.3. The number of ether oxygens (including phenoxy) is 1. The Morgan fingerprint density at radius 3 is 2.58 bits per heavy atom. The standard InChI is InChI=1S/C18H14ClN3O3S/c1-25-15-5-3-2-4-14(15)20-10-13-16(23)21-18(26)22(17(13)24)12-8-6-11(19)7-9-12/h2-10,13H,1H3,(H,21,23,26)/t13-/m1/s1. The molecule has 1 N–H and O–H groups in total. The number of benzene rings is 2. The fourth-order valence-corrected chi connectivity index (χ4v) is 2.87. The Morgan fingerprint density at radius 1 is 1.19 bits per heavy atom. The van der Waals surface area contributed by atoms with E-state index in [0.717, 1.165) is 0 Å². The number of methoxy groups -OCH3 is 1. The Kier molecular flexibility index (Phi) is 5.29. The first-order valence-corrected chi connectivity index (χ1v) is 8.41. The Balaban J connectivity index is 1.90. The van der Waals surface area contributed by atoms with Crippen LogP contribution in [0, 0.1) is 5.92 Å². The first-order chi connectivity index (χ1) is 12.5. The lowest BCUT2D eigenvalue weighted by atomic mass is 10.1. The molecule has 2 amide bonds. The van der Waals surface area contributed by atoms with Gasteiger partial charge in [-0.25, -0.2) is 0 Å². The predicted octanol–water partition coefficient (Wildman–Crippen LogP) is 3.12. The molecule has 8 heteroatoms. The van der Waals surface area contributed by atoms with E-state index in [4.69, 9.17) is 28.6 Å². The normalized spacial score (nSPS) is 17.5. The van der Waals surface area contributed by atoms with Crippen LogP contribution < -0.4 is 15.0 Å². The first kappa shape index (κ1) is 18.0. The summed E-state index contributed by atoms with van der Waals surface area (Å²) in [6.07, 6.45) is 1.29. The fourth-order valence-electron chi connectivity index (χ4n) is 2.45. The molecule has 0 unspecified atom stereocenters. The fraction of sp³-hybridized carbons (Fsp3) is 0.111. The van der Waals surface area contributed by atoms with Crippen LogP contribution in [-0.2, 0) is 9.59 Å². The number of rotatable bonds is 4. The van der Waals surface area contributed by atoms with Gasteiger partial charge in [-0.3, -0.25) is 19.5 Å². The lowest BCUT2D eigenvalue weighted by Crippen LogP contribution is -2.58. The summed E-state index contributed by atoms with van der Waals surface area (Å²) >= 11 is 11.0. The molecule has 1 aliphatic rings. The number of amides is 2. The number of carbonyl (C=O) groups excluding carboxylic acids is 2. The van der Waals surface area contributed by atoms with E-state index in [2.05, 4.69) is 10.3 Å². The topological polar surface area (TPSA) is 71.0 Å². The number of thiocarbonyl (C=S) groups is 1. The second-order valence-electron chi connectivity index (χ2n) is 5.37. The summed E-state index contributed by atoms with van der Waals surface area (Å²) in [5.74, 6) is -1.58. The van der Waals surface area contributed by atoms with Crippen LogP contribution in [0.3, 0.4) is 0 Å². The Bertz CT molecular complexity index is 899. The van der Waals surface area contributed by atoms with E-state index in [1.165, 1.54) is 18.2 Å². The maximum atomic E-state index is 12.8. The molecule has 1 fully saturated rings. The zero-order chi connectivity index (χ0) is 18.7. The highest BCUT2D eigenvalue weighted by molar-refractivity contribution is 7.80. The van der Waals surface area contributed by atoms with Gasteiger partial charge in [-0.2, -0.15) is 0 Å². The third kappa shape index (κ3) is 3.58. The number of carbonyl (C=O) groups is 2. The van der Waals surface area contributed by atoms with Crippen molar-refractivity contribution in [2.24, 2.45) is 10.9 Å². The smallest absolute Gasteiger partial charge is 0.251 e. The van der Waals surface area contributed by atoms with Crippen LogP contribution in [0.5, 0.6) is 5.75 Å². The average Bonchev–Trinajstić information content (AvgIpc) is 2.63. The number of anilines is 1. The second-order valence-corrected chi connectivity index (χ2v) is 6.20. The predicted molar refractivity (Wildman–Crippen MR) is 104 cm³/mol. The molecule has 0 aromatic heterocycles. The van der Waals surface area contributed by atoms with Gasteiger partial charge in [0.05, 0.1) is 12.8 Å². The van der Waals surface area contributed by atoms with E-state index < -0.39 is 17.7 Å². The van der Waals surface area contributed by atoms with Crippen LogP contribution >= 0.6 is 23.8 Å². The summed E-state index contributed by atoms with van der Waals surface area (Å²) in [7, 11) is 1.52. The molecule has 1 saturated heterocycles. The van der Waals surface area contributed by atoms with Gasteiger partial charge in [0.25, 0.3) is 5.91 Å². The van der Waals surface area contributed by atoms with Crippen LogP contribution in [0.15, 0.2) is 53.5 Å². The van der Waals surface area contributed by atoms with Crippen molar-refractivity contribution < 1.29 is 14.3 Å². The van der Waals surface area contributed by atoms with Gasteiger partial charge in [0, 0.05) is 11.2 Å². The van der Waals surface area contributed by atoms with Crippen LogP contribution in [0.4, 0.5) is 11.4 Å². The summed E-state index contributed by atoms with van der Waals surface area (Å²) in [6.45, 7) is 0. The minimum absolute atomic E-state index is 0.0178.